The number of thioether (sulfide) groups is 1. The van der Waals surface area contributed by atoms with E-state index in [2.05, 4.69) is 30.9 Å². The molecule has 2 aromatic carbocycles. The van der Waals surface area contributed by atoms with Gasteiger partial charge in [-0.3, -0.25) is 9.69 Å². The number of carbonyl (C=O) groups is 1. The minimum absolute atomic E-state index is 0.112. The van der Waals surface area contributed by atoms with Gasteiger partial charge in [-0.2, -0.15) is 0 Å². The van der Waals surface area contributed by atoms with Gasteiger partial charge in [-0.1, -0.05) is 22.9 Å². The third-order valence-corrected chi connectivity index (χ3v) is 7.00. The second-order valence-electron chi connectivity index (χ2n) is 7.30. The molecule has 3 rings (SSSR count). The number of aryl methyl sites for hydroxylation is 2. The Morgan fingerprint density at radius 3 is 2.48 bits per heavy atom. The van der Waals surface area contributed by atoms with Gasteiger partial charge in [0.25, 0.3) is 0 Å². The molecule has 0 saturated carbocycles. The van der Waals surface area contributed by atoms with Gasteiger partial charge in [0.15, 0.2) is 5.13 Å². The smallest absolute Gasteiger partial charge is 0.229 e. The summed E-state index contributed by atoms with van der Waals surface area (Å²) in [6.07, 6.45) is 0.467. The molecular formula is C22H26ClN3OS2. The van der Waals surface area contributed by atoms with E-state index in [1.807, 2.05) is 43.3 Å². The number of benzene rings is 2. The van der Waals surface area contributed by atoms with Gasteiger partial charge >= 0.3 is 0 Å². The highest BCUT2D eigenvalue weighted by Gasteiger charge is 2.20. The van der Waals surface area contributed by atoms with Crippen LogP contribution in [0.25, 0.3) is 10.2 Å². The van der Waals surface area contributed by atoms with Gasteiger partial charge in [0.05, 0.1) is 10.2 Å². The number of amides is 1. The summed E-state index contributed by atoms with van der Waals surface area (Å²) in [6, 6.07) is 12.0. The van der Waals surface area contributed by atoms with Gasteiger partial charge in [0.1, 0.15) is 0 Å². The van der Waals surface area contributed by atoms with Crippen LogP contribution in [0.15, 0.2) is 41.3 Å². The number of halogens is 1. The van der Waals surface area contributed by atoms with Crippen molar-refractivity contribution in [3.8, 4) is 0 Å². The highest BCUT2D eigenvalue weighted by molar-refractivity contribution is 7.99. The summed E-state index contributed by atoms with van der Waals surface area (Å²) < 4.78 is 1.13. The van der Waals surface area contributed by atoms with Crippen molar-refractivity contribution in [2.24, 2.45) is 0 Å². The van der Waals surface area contributed by atoms with E-state index in [0.717, 1.165) is 37.6 Å². The molecule has 0 atom stereocenters. The van der Waals surface area contributed by atoms with Crippen LogP contribution in [0, 0.1) is 13.8 Å². The number of hydrogen-bond donors (Lipinski definition) is 0. The molecule has 0 aliphatic heterocycles. The molecule has 0 aliphatic rings. The molecule has 0 unspecified atom stereocenters. The third kappa shape index (κ3) is 5.95. The minimum atomic E-state index is 0.112. The first-order chi connectivity index (χ1) is 13.8. The first kappa shape index (κ1) is 22.1. The van der Waals surface area contributed by atoms with Crippen molar-refractivity contribution in [1.82, 2.24) is 9.88 Å². The summed E-state index contributed by atoms with van der Waals surface area (Å²) in [5.74, 6) is 0.836. The molecule has 0 saturated heterocycles. The van der Waals surface area contributed by atoms with Crippen LogP contribution in [0.3, 0.4) is 0 Å². The maximum Gasteiger partial charge on any atom is 0.229 e. The van der Waals surface area contributed by atoms with Crippen LogP contribution in [-0.2, 0) is 4.79 Å². The molecule has 0 bridgehead atoms. The standard InChI is InChI=1S/C22H26ClN3OS2/c1-15-13-19-20(14-16(15)2)29-22(24-19)26(11-10-25(3)4)21(27)9-12-28-18-7-5-17(23)6-8-18/h5-8,13-14H,9-12H2,1-4H3. The zero-order valence-corrected chi connectivity index (χ0v) is 19.6. The van der Waals surface area contributed by atoms with E-state index in [1.54, 1.807) is 23.1 Å². The number of hydrogen-bond acceptors (Lipinski definition) is 5. The fourth-order valence-corrected chi connectivity index (χ4v) is 4.89. The molecule has 0 spiro atoms. The third-order valence-electron chi connectivity index (χ3n) is 4.69. The number of nitrogens with zero attached hydrogens (tertiary/aromatic N) is 3. The van der Waals surface area contributed by atoms with Crippen molar-refractivity contribution in [3.63, 3.8) is 0 Å². The second kappa shape index (κ2) is 9.94. The average molecular weight is 448 g/mol. The van der Waals surface area contributed by atoms with Crippen LogP contribution in [0.2, 0.25) is 5.02 Å². The van der Waals surface area contributed by atoms with Gasteiger partial charge < -0.3 is 4.90 Å². The predicted octanol–water partition coefficient (Wildman–Crippen LogP) is 5.64. The largest absolute Gasteiger partial charge is 0.308 e. The van der Waals surface area contributed by atoms with Gasteiger partial charge in [0.2, 0.25) is 5.91 Å². The summed E-state index contributed by atoms with van der Waals surface area (Å²) >= 11 is 9.20. The first-order valence-corrected chi connectivity index (χ1v) is 11.7. The Hall–Kier alpha value is -1.60. The average Bonchev–Trinajstić information content (AvgIpc) is 3.06. The normalized spacial score (nSPS) is 11.4. The minimum Gasteiger partial charge on any atom is -0.308 e. The molecule has 1 aromatic heterocycles. The zero-order valence-electron chi connectivity index (χ0n) is 17.2. The van der Waals surface area contributed by atoms with Crippen molar-refractivity contribution in [1.29, 1.82) is 0 Å². The lowest BCUT2D eigenvalue weighted by molar-refractivity contribution is -0.118. The second-order valence-corrected chi connectivity index (χ2v) is 9.92. The van der Waals surface area contributed by atoms with Crippen LogP contribution in [0.4, 0.5) is 5.13 Å². The number of anilines is 1. The fourth-order valence-electron chi connectivity index (χ4n) is 2.83. The Balaban J connectivity index is 1.73. The maximum atomic E-state index is 13.1. The van der Waals surface area contributed by atoms with E-state index in [-0.39, 0.29) is 5.91 Å². The van der Waals surface area contributed by atoms with Gasteiger partial charge in [0, 0.05) is 35.2 Å². The summed E-state index contributed by atoms with van der Waals surface area (Å²) in [5, 5.41) is 1.51. The molecule has 154 valence electrons. The van der Waals surface area contributed by atoms with E-state index in [0.29, 0.717) is 13.0 Å². The zero-order chi connectivity index (χ0) is 21.0. The molecule has 0 N–H and O–H groups in total. The van der Waals surface area contributed by atoms with Gasteiger partial charge in [-0.05, 0) is 75.5 Å². The highest BCUT2D eigenvalue weighted by Crippen LogP contribution is 2.31. The van der Waals surface area contributed by atoms with E-state index < -0.39 is 0 Å². The van der Waals surface area contributed by atoms with Crippen molar-refractivity contribution < 1.29 is 4.79 Å². The monoisotopic (exact) mass is 447 g/mol. The van der Waals surface area contributed by atoms with Crippen LogP contribution in [-0.4, -0.2) is 48.7 Å². The SMILES string of the molecule is Cc1cc2nc(N(CCN(C)C)C(=O)CCSc3ccc(Cl)cc3)sc2cc1C. The molecule has 0 aliphatic carbocycles. The van der Waals surface area contributed by atoms with Gasteiger partial charge in [-0.25, -0.2) is 4.98 Å². The molecule has 3 aromatic rings. The van der Waals surface area contributed by atoms with Crippen LogP contribution >= 0.6 is 34.7 Å². The van der Waals surface area contributed by atoms with Crippen molar-refractivity contribution in [3.05, 3.63) is 52.5 Å². The Bertz CT molecular complexity index is 947. The van der Waals surface area contributed by atoms with Crippen LogP contribution in [0.1, 0.15) is 17.5 Å². The van der Waals surface area contributed by atoms with Crippen molar-refractivity contribution >= 4 is 56.0 Å². The summed E-state index contributed by atoms with van der Waals surface area (Å²) in [6.45, 7) is 5.63. The van der Waals surface area contributed by atoms with E-state index in [9.17, 15) is 4.79 Å². The first-order valence-electron chi connectivity index (χ1n) is 9.55. The lowest BCUT2D eigenvalue weighted by atomic mass is 10.1. The number of thiazole rings is 1. The Morgan fingerprint density at radius 1 is 1.10 bits per heavy atom. The quantitative estimate of drug-likeness (QED) is 0.418. The van der Waals surface area contributed by atoms with Crippen molar-refractivity contribution in [2.75, 3.05) is 37.8 Å². The van der Waals surface area contributed by atoms with E-state index in [1.165, 1.54) is 11.1 Å². The number of likely N-dealkylation sites (N-methyl/N-ethyl adjacent to an activating group) is 1. The number of rotatable bonds is 8. The van der Waals surface area contributed by atoms with Crippen molar-refractivity contribution in [2.45, 2.75) is 25.2 Å². The van der Waals surface area contributed by atoms with Crippen LogP contribution < -0.4 is 4.90 Å². The summed E-state index contributed by atoms with van der Waals surface area (Å²) in [7, 11) is 4.04. The molecule has 1 heterocycles. The molecule has 1 amide bonds. The number of aromatic nitrogens is 1. The molecule has 29 heavy (non-hydrogen) atoms. The molecule has 7 heteroatoms. The summed E-state index contributed by atoms with van der Waals surface area (Å²) in [4.78, 5) is 22.9. The lowest BCUT2D eigenvalue weighted by Gasteiger charge is -2.22. The van der Waals surface area contributed by atoms with E-state index >= 15 is 0 Å². The molecular weight excluding hydrogens is 422 g/mol. The number of carbonyl (C=O) groups excluding carboxylic acids is 1. The number of fused-ring (bicyclic) bond motifs is 1. The topological polar surface area (TPSA) is 36.4 Å². The molecule has 0 fully saturated rings. The van der Waals surface area contributed by atoms with Crippen LogP contribution in [0.5, 0.6) is 0 Å². The Labute approximate surface area is 185 Å². The molecule has 0 radical (unpaired) electrons. The molecule has 4 nitrogen and oxygen atoms in total. The lowest BCUT2D eigenvalue weighted by Crippen LogP contribution is -2.36. The van der Waals surface area contributed by atoms with E-state index in [4.69, 9.17) is 16.6 Å². The predicted molar refractivity (Wildman–Crippen MR) is 127 cm³/mol. The Kier molecular flexibility index (Phi) is 7.57. The summed E-state index contributed by atoms with van der Waals surface area (Å²) in [5.41, 5.74) is 3.43. The Morgan fingerprint density at radius 2 is 1.79 bits per heavy atom. The van der Waals surface area contributed by atoms with Gasteiger partial charge in [-0.15, -0.1) is 11.8 Å². The highest BCUT2D eigenvalue weighted by atomic mass is 35.5. The maximum absolute atomic E-state index is 13.1. The fraction of sp³-hybridized carbons (Fsp3) is 0.364.